The molecule has 0 saturated heterocycles. The topological polar surface area (TPSA) is 20.2 Å². The first-order valence-electron chi connectivity index (χ1n) is 4.54. The van der Waals surface area contributed by atoms with E-state index in [9.17, 15) is 5.11 Å². The maximum absolute atomic E-state index is 9.65. The number of hydrogen-bond donors (Lipinski definition) is 1. The molecule has 0 saturated carbocycles. The largest absolute Gasteiger partial charge is 0.382 e. The third-order valence-electron chi connectivity index (χ3n) is 2.56. The SMILES string of the molecule is CC1(C)CC(O)Sc2ccccc21. The minimum absolute atomic E-state index is 0.112. The molecule has 1 aromatic rings. The molecular formula is C11H14OS. The summed E-state index contributed by atoms with van der Waals surface area (Å²) in [7, 11) is 0. The van der Waals surface area contributed by atoms with Crippen molar-refractivity contribution < 1.29 is 5.11 Å². The molecule has 0 amide bonds. The number of fused-ring (bicyclic) bond motifs is 1. The molecule has 0 radical (unpaired) electrons. The molecule has 0 aliphatic carbocycles. The van der Waals surface area contributed by atoms with Crippen molar-refractivity contribution >= 4 is 11.8 Å². The van der Waals surface area contributed by atoms with Gasteiger partial charge in [-0.2, -0.15) is 0 Å². The molecule has 0 aromatic heterocycles. The molecule has 1 aliphatic rings. The minimum atomic E-state index is -0.245. The van der Waals surface area contributed by atoms with Gasteiger partial charge in [0.05, 0.1) is 0 Å². The van der Waals surface area contributed by atoms with Crippen LogP contribution in [-0.2, 0) is 5.41 Å². The Morgan fingerprint density at radius 2 is 2.08 bits per heavy atom. The van der Waals surface area contributed by atoms with Gasteiger partial charge in [-0.25, -0.2) is 0 Å². The number of aliphatic hydroxyl groups is 1. The first-order valence-corrected chi connectivity index (χ1v) is 5.42. The van der Waals surface area contributed by atoms with Gasteiger partial charge in [0.2, 0.25) is 0 Å². The van der Waals surface area contributed by atoms with Gasteiger partial charge >= 0.3 is 0 Å². The molecule has 1 aliphatic heterocycles. The quantitative estimate of drug-likeness (QED) is 0.685. The van der Waals surface area contributed by atoms with Gasteiger partial charge < -0.3 is 5.11 Å². The normalized spacial score (nSPS) is 25.3. The monoisotopic (exact) mass is 194 g/mol. The Bertz CT molecular complexity index is 320. The van der Waals surface area contributed by atoms with Crippen LogP contribution in [-0.4, -0.2) is 10.5 Å². The second-order valence-corrected chi connectivity index (χ2v) is 5.38. The summed E-state index contributed by atoms with van der Waals surface area (Å²) in [5.74, 6) is 0. The van der Waals surface area contributed by atoms with Crippen molar-refractivity contribution in [3.63, 3.8) is 0 Å². The molecule has 2 rings (SSSR count). The van der Waals surface area contributed by atoms with Gasteiger partial charge in [-0.1, -0.05) is 43.8 Å². The van der Waals surface area contributed by atoms with Crippen LogP contribution in [0.25, 0.3) is 0 Å². The van der Waals surface area contributed by atoms with Gasteiger partial charge in [0.1, 0.15) is 5.44 Å². The van der Waals surface area contributed by atoms with Gasteiger partial charge in [0.15, 0.2) is 0 Å². The van der Waals surface area contributed by atoms with Crippen LogP contribution in [0.1, 0.15) is 25.8 Å². The molecule has 1 unspecified atom stereocenters. The van der Waals surface area contributed by atoms with Crippen molar-refractivity contribution in [3.8, 4) is 0 Å². The van der Waals surface area contributed by atoms with Gasteiger partial charge in [-0.05, 0) is 23.5 Å². The smallest absolute Gasteiger partial charge is 0.105 e. The lowest BCUT2D eigenvalue weighted by molar-refractivity contribution is 0.213. The lowest BCUT2D eigenvalue weighted by Gasteiger charge is -2.34. The van der Waals surface area contributed by atoms with E-state index >= 15 is 0 Å². The number of thioether (sulfide) groups is 1. The average Bonchev–Trinajstić information content (AvgIpc) is 2.02. The molecule has 1 N–H and O–H groups in total. The van der Waals surface area contributed by atoms with E-state index < -0.39 is 0 Å². The Balaban J connectivity index is 2.50. The molecule has 70 valence electrons. The van der Waals surface area contributed by atoms with Crippen LogP contribution in [0.4, 0.5) is 0 Å². The lowest BCUT2D eigenvalue weighted by Crippen LogP contribution is -2.27. The van der Waals surface area contributed by atoms with Crippen LogP contribution < -0.4 is 0 Å². The molecule has 2 heteroatoms. The molecule has 1 atom stereocenters. The van der Waals surface area contributed by atoms with Crippen molar-refractivity contribution in [2.45, 2.75) is 36.0 Å². The third kappa shape index (κ3) is 1.61. The third-order valence-corrected chi connectivity index (χ3v) is 3.61. The number of aliphatic hydroxyl groups excluding tert-OH is 1. The number of hydrogen-bond acceptors (Lipinski definition) is 2. The highest BCUT2D eigenvalue weighted by Crippen LogP contribution is 2.43. The van der Waals surface area contributed by atoms with Gasteiger partial charge in [-0.15, -0.1) is 0 Å². The summed E-state index contributed by atoms with van der Waals surface area (Å²) in [4.78, 5) is 1.23. The highest BCUT2D eigenvalue weighted by molar-refractivity contribution is 7.99. The van der Waals surface area contributed by atoms with Gasteiger partial charge in [-0.3, -0.25) is 0 Å². The first kappa shape index (κ1) is 9.10. The Hall–Kier alpha value is -0.470. The fourth-order valence-corrected chi connectivity index (χ4v) is 3.28. The van der Waals surface area contributed by atoms with Crippen molar-refractivity contribution in [1.82, 2.24) is 0 Å². The summed E-state index contributed by atoms with van der Waals surface area (Å²) >= 11 is 1.57. The second kappa shape index (κ2) is 3.03. The maximum atomic E-state index is 9.65. The zero-order valence-electron chi connectivity index (χ0n) is 7.95. The van der Waals surface area contributed by atoms with E-state index in [-0.39, 0.29) is 10.9 Å². The van der Waals surface area contributed by atoms with Crippen molar-refractivity contribution in [1.29, 1.82) is 0 Å². The van der Waals surface area contributed by atoms with Crippen molar-refractivity contribution in [3.05, 3.63) is 29.8 Å². The minimum Gasteiger partial charge on any atom is -0.382 e. The van der Waals surface area contributed by atoms with Crippen molar-refractivity contribution in [2.24, 2.45) is 0 Å². The summed E-state index contributed by atoms with van der Waals surface area (Å²) in [6.45, 7) is 4.38. The Labute approximate surface area is 83.2 Å². The van der Waals surface area contributed by atoms with E-state index in [1.165, 1.54) is 10.5 Å². The Morgan fingerprint density at radius 1 is 1.38 bits per heavy atom. The highest BCUT2D eigenvalue weighted by Gasteiger charge is 2.31. The van der Waals surface area contributed by atoms with E-state index in [1.54, 1.807) is 11.8 Å². The van der Waals surface area contributed by atoms with Crippen LogP contribution in [0.5, 0.6) is 0 Å². The van der Waals surface area contributed by atoms with Crippen LogP contribution in [0.15, 0.2) is 29.2 Å². The standard InChI is InChI=1S/C11H14OS/c1-11(2)7-10(12)13-9-6-4-3-5-8(9)11/h3-6,10,12H,7H2,1-2H3. The number of benzene rings is 1. The molecule has 1 heterocycles. The van der Waals surface area contributed by atoms with E-state index in [0.717, 1.165) is 6.42 Å². The van der Waals surface area contributed by atoms with E-state index in [0.29, 0.717) is 0 Å². The summed E-state index contributed by atoms with van der Waals surface area (Å²) in [6.07, 6.45) is 0.842. The van der Waals surface area contributed by atoms with Crippen molar-refractivity contribution in [2.75, 3.05) is 0 Å². The zero-order valence-corrected chi connectivity index (χ0v) is 8.77. The van der Waals surface area contributed by atoms with Crippen LogP contribution in [0.3, 0.4) is 0 Å². The van der Waals surface area contributed by atoms with E-state index in [1.807, 2.05) is 6.07 Å². The Kier molecular flexibility index (Phi) is 2.12. The molecule has 0 fully saturated rings. The van der Waals surface area contributed by atoms with E-state index in [2.05, 4.69) is 32.0 Å². The molecule has 13 heavy (non-hydrogen) atoms. The molecular weight excluding hydrogens is 180 g/mol. The predicted molar refractivity (Wildman–Crippen MR) is 55.9 cm³/mol. The molecule has 1 nitrogen and oxygen atoms in total. The summed E-state index contributed by atoms with van der Waals surface area (Å²) in [6, 6.07) is 8.34. The fourth-order valence-electron chi connectivity index (χ4n) is 1.86. The first-order chi connectivity index (χ1) is 6.09. The predicted octanol–water partition coefficient (Wildman–Crippen LogP) is 2.78. The molecule has 0 spiro atoms. The van der Waals surface area contributed by atoms with E-state index in [4.69, 9.17) is 0 Å². The van der Waals surface area contributed by atoms with Gasteiger partial charge in [0, 0.05) is 4.90 Å². The lowest BCUT2D eigenvalue weighted by atomic mass is 9.81. The summed E-state index contributed by atoms with van der Waals surface area (Å²) in [5, 5.41) is 9.65. The van der Waals surface area contributed by atoms with Gasteiger partial charge in [0.25, 0.3) is 0 Å². The highest BCUT2D eigenvalue weighted by atomic mass is 32.2. The molecule has 0 bridgehead atoms. The molecule has 1 aromatic carbocycles. The Morgan fingerprint density at radius 3 is 2.85 bits per heavy atom. The summed E-state index contributed by atoms with van der Waals surface area (Å²) < 4.78 is 0. The summed E-state index contributed by atoms with van der Waals surface area (Å²) in [5.41, 5.74) is 1.23. The zero-order chi connectivity index (χ0) is 9.47. The number of rotatable bonds is 0. The fraction of sp³-hybridized carbons (Fsp3) is 0.455. The van der Waals surface area contributed by atoms with Crippen LogP contribution >= 0.6 is 11.8 Å². The van der Waals surface area contributed by atoms with Crippen LogP contribution in [0.2, 0.25) is 0 Å². The van der Waals surface area contributed by atoms with Crippen LogP contribution in [0, 0.1) is 0 Å². The second-order valence-electron chi connectivity index (χ2n) is 4.16. The average molecular weight is 194 g/mol. The maximum Gasteiger partial charge on any atom is 0.105 e.